The lowest BCUT2D eigenvalue weighted by atomic mass is 10.1. The fourth-order valence-electron chi connectivity index (χ4n) is 2.19. The van der Waals surface area contributed by atoms with Gasteiger partial charge in [-0.2, -0.15) is 0 Å². The number of imidazole rings is 1. The topological polar surface area (TPSA) is 53.1 Å². The van der Waals surface area contributed by atoms with Crippen molar-refractivity contribution in [2.45, 2.75) is 19.9 Å². The molecule has 0 saturated heterocycles. The van der Waals surface area contributed by atoms with Gasteiger partial charge in [0.15, 0.2) is 0 Å². The Labute approximate surface area is 136 Å². The molecule has 2 aromatic carbocycles. The lowest BCUT2D eigenvalue weighted by Gasteiger charge is -2.02. The summed E-state index contributed by atoms with van der Waals surface area (Å²) < 4.78 is 0. The van der Waals surface area contributed by atoms with Crippen LogP contribution in [0.25, 0.3) is 22.6 Å². The van der Waals surface area contributed by atoms with E-state index in [1.54, 1.807) is 6.34 Å². The fraction of sp³-hybridized carbons (Fsp3) is 0.158. The zero-order valence-corrected chi connectivity index (χ0v) is 13.3. The third-order valence-electron chi connectivity index (χ3n) is 3.41. The van der Waals surface area contributed by atoms with E-state index in [0.717, 1.165) is 28.3 Å². The van der Waals surface area contributed by atoms with E-state index < -0.39 is 0 Å². The van der Waals surface area contributed by atoms with Crippen molar-refractivity contribution in [3.63, 3.8) is 0 Å². The van der Waals surface area contributed by atoms with Crippen LogP contribution in [0.5, 0.6) is 0 Å². The van der Waals surface area contributed by atoms with Crippen molar-refractivity contribution in [2.75, 3.05) is 0 Å². The molecule has 4 heteroatoms. The summed E-state index contributed by atoms with van der Waals surface area (Å²) in [5.41, 5.74) is 4.00. The van der Waals surface area contributed by atoms with Crippen LogP contribution in [0.4, 0.5) is 5.69 Å². The molecular weight excluding hydrogens is 284 g/mol. The van der Waals surface area contributed by atoms with Crippen molar-refractivity contribution in [3.05, 3.63) is 60.8 Å². The predicted octanol–water partition coefficient (Wildman–Crippen LogP) is 4.40. The minimum Gasteiger partial charge on any atom is -0.374 e. The summed E-state index contributed by atoms with van der Waals surface area (Å²) in [5.74, 6) is 0.879. The van der Waals surface area contributed by atoms with Crippen LogP contribution >= 0.6 is 0 Å². The van der Waals surface area contributed by atoms with Gasteiger partial charge in [0, 0.05) is 23.4 Å². The average molecular weight is 304 g/mol. The van der Waals surface area contributed by atoms with Gasteiger partial charge in [-0.3, -0.25) is 0 Å². The molecule has 3 aromatic rings. The van der Waals surface area contributed by atoms with Gasteiger partial charge in [-0.05, 0) is 26.0 Å². The zero-order chi connectivity index (χ0) is 16.1. The van der Waals surface area contributed by atoms with Crippen LogP contribution in [0, 0.1) is 0 Å². The summed E-state index contributed by atoms with van der Waals surface area (Å²) in [4.78, 5) is 12.3. The van der Waals surface area contributed by atoms with Crippen molar-refractivity contribution in [1.82, 2.24) is 15.3 Å². The number of hydrogen-bond acceptors (Lipinski definition) is 2. The number of nitrogens with one attached hydrogen (secondary N) is 2. The normalized spacial score (nSPS) is 11.3. The van der Waals surface area contributed by atoms with E-state index in [1.165, 1.54) is 0 Å². The van der Waals surface area contributed by atoms with Crippen LogP contribution in [0.3, 0.4) is 0 Å². The van der Waals surface area contributed by atoms with Gasteiger partial charge in [-0.25, -0.2) is 9.98 Å². The minimum atomic E-state index is 0.387. The van der Waals surface area contributed by atoms with Crippen LogP contribution < -0.4 is 5.32 Å². The highest BCUT2D eigenvalue weighted by atomic mass is 15.0. The summed E-state index contributed by atoms with van der Waals surface area (Å²) in [6.45, 7) is 4.16. The first-order valence-electron chi connectivity index (χ1n) is 7.72. The molecule has 0 unspecified atom stereocenters. The molecule has 0 amide bonds. The predicted molar refractivity (Wildman–Crippen MR) is 95.9 cm³/mol. The van der Waals surface area contributed by atoms with E-state index in [9.17, 15) is 0 Å². The first-order valence-corrected chi connectivity index (χ1v) is 7.72. The third kappa shape index (κ3) is 3.86. The Morgan fingerprint density at radius 1 is 1.00 bits per heavy atom. The van der Waals surface area contributed by atoms with Crippen LogP contribution in [0.15, 0.2) is 65.8 Å². The fourth-order valence-corrected chi connectivity index (χ4v) is 2.19. The lowest BCUT2D eigenvalue weighted by molar-refractivity contribution is 0.744. The maximum absolute atomic E-state index is 4.66. The molecule has 1 aromatic heterocycles. The molecule has 0 aliphatic carbocycles. The Morgan fingerprint density at radius 2 is 1.74 bits per heavy atom. The molecule has 0 atom stereocenters. The molecule has 4 nitrogen and oxygen atoms in total. The maximum atomic E-state index is 4.66. The first kappa shape index (κ1) is 15.0. The van der Waals surface area contributed by atoms with E-state index in [2.05, 4.69) is 34.1 Å². The molecule has 3 rings (SSSR count). The Morgan fingerprint density at radius 3 is 2.43 bits per heavy atom. The van der Waals surface area contributed by atoms with Crippen molar-refractivity contribution in [3.8, 4) is 22.6 Å². The van der Waals surface area contributed by atoms with Gasteiger partial charge >= 0.3 is 0 Å². The summed E-state index contributed by atoms with van der Waals surface area (Å²) in [7, 11) is 0. The Balaban J connectivity index is 1.75. The first-order chi connectivity index (χ1) is 11.2. The van der Waals surface area contributed by atoms with Crippen LogP contribution in [0.2, 0.25) is 0 Å². The number of aromatic amines is 1. The highest BCUT2D eigenvalue weighted by Gasteiger charge is 2.05. The van der Waals surface area contributed by atoms with Gasteiger partial charge in [-0.15, -0.1) is 0 Å². The summed E-state index contributed by atoms with van der Waals surface area (Å²) in [6.07, 6.45) is 3.67. The van der Waals surface area contributed by atoms with Gasteiger partial charge in [0.1, 0.15) is 5.82 Å². The van der Waals surface area contributed by atoms with E-state index in [-0.39, 0.29) is 0 Å². The molecule has 0 aliphatic rings. The van der Waals surface area contributed by atoms with Gasteiger partial charge in [-0.1, -0.05) is 42.5 Å². The van der Waals surface area contributed by atoms with Crippen LogP contribution in [-0.2, 0) is 0 Å². The van der Waals surface area contributed by atoms with Gasteiger partial charge < -0.3 is 10.3 Å². The average Bonchev–Trinajstić information content (AvgIpc) is 3.06. The van der Waals surface area contributed by atoms with Crippen molar-refractivity contribution < 1.29 is 0 Å². The van der Waals surface area contributed by atoms with Gasteiger partial charge in [0.25, 0.3) is 0 Å². The highest BCUT2D eigenvalue weighted by Crippen LogP contribution is 2.23. The Hall–Kier alpha value is -2.88. The van der Waals surface area contributed by atoms with E-state index >= 15 is 0 Å². The molecule has 0 bridgehead atoms. The van der Waals surface area contributed by atoms with E-state index in [0.29, 0.717) is 6.04 Å². The number of aromatic nitrogens is 2. The monoisotopic (exact) mass is 304 g/mol. The zero-order valence-electron chi connectivity index (χ0n) is 13.3. The number of nitrogens with zero attached hydrogens (tertiary/aromatic N) is 2. The summed E-state index contributed by atoms with van der Waals surface area (Å²) >= 11 is 0. The van der Waals surface area contributed by atoms with Crippen molar-refractivity contribution in [1.29, 1.82) is 0 Å². The van der Waals surface area contributed by atoms with Gasteiger partial charge in [0.2, 0.25) is 0 Å². The quantitative estimate of drug-likeness (QED) is 0.542. The number of aliphatic imine (C=N–C) groups is 1. The van der Waals surface area contributed by atoms with Crippen molar-refractivity contribution >= 4 is 12.0 Å². The Kier molecular flexibility index (Phi) is 4.52. The molecule has 116 valence electrons. The largest absolute Gasteiger partial charge is 0.374 e. The van der Waals surface area contributed by atoms with Crippen molar-refractivity contribution in [2.24, 2.45) is 4.99 Å². The third-order valence-corrected chi connectivity index (χ3v) is 3.41. The van der Waals surface area contributed by atoms with Crippen LogP contribution in [0.1, 0.15) is 13.8 Å². The second kappa shape index (κ2) is 6.92. The molecular formula is C19H20N4. The second-order valence-corrected chi connectivity index (χ2v) is 5.63. The van der Waals surface area contributed by atoms with Crippen LogP contribution in [-0.4, -0.2) is 22.3 Å². The molecule has 1 heterocycles. The molecule has 0 fully saturated rings. The number of H-pyrrole nitrogens is 1. The number of rotatable bonds is 5. The molecule has 0 saturated carbocycles. The molecule has 0 spiro atoms. The van der Waals surface area contributed by atoms with E-state index in [1.807, 2.05) is 60.8 Å². The summed E-state index contributed by atoms with van der Waals surface area (Å²) in [5, 5.41) is 3.15. The molecule has 2 N–H and O–H groups in total. The molecule has 23 heavy (non-hydrogen) atoms. The number of benzene rings is 2. The van der Waals surface area contributed by atoms with Gasteiger partial charge in [0.05, 0.1) is 17.7 Å². The second-order valence-electron chi connectivity index (χ2n) is 5.63. The lowest BCUT2D eigenvalue weighted by Crippen LogP contribution is -2.19. The standard InChI is InChI=1S/C19H20N4/c1-14(2)21-13-22-17-10-8-15(9-11-17)18-12-20-19(23-18)16-6-4-3-5-7-16/h3-14H,1-2H3,(H,20,23)(H,21,22). The smallest absolute Gasteiger partial charge is 0.138 e. The molecule has 0 aliphatic heterocycles. The molecule has 0 radical (unpaired) electrons. The van der Waals surface area contributed by atoms with E-state index in [4.69, 9.17) is 0 Å². The number of hydrogen-bond donors (Lipinski definition) is 2. The highest BCUT2D eigenvalue weighted by molar-refractivity contribution is 5.67. The Bertz CT molecular complexity index is 771. The minimum absolute atomic E-state index is 0.387. The summed E-state index contributed by atoms with van der Waals surface area (Å²) in [6, 6.07) is 18.5. The SMILES string of the molecule is CC(C)N/C=N/c1ccc(-c2c[nH]c(-c3ccccc3)n2)cc1. The maximum Gasteiger partial charge on any atom is 0.138 e.